The summed E-state index contributed by atoms with van der Waals surface area (Å²) in [5.74, 6) is -0.259. The average molecular weight is 252 g/mol. The van der Waals surface area contributed by atoms with Gasteiger partial charge in [0.25, 0.3) is 11.6 Å². The maximum atomic E-state index is 11.9. The van der Waals surface area contributed by atoms with Crippen molar-refractivity contribution in [3.8, 4) is 0 Å². The maximum absolute atomic E-state index is 11.9. The standard InChI is InChI=1S/C11H16N4O3/c1-12-4-5-13-11(16)10-6-9(15(17)18)7-14(10)8-2-3-8/h6-8,12H,2-5H2,1H3,(H,13,16). The molecule has 1 aliphatic rings. The smallest absolute Gasteiger partial charge is 0.287 e. The number of aromatic nitrogens is 1. The van der Waals surface area contributed by atoms with Gasteiger partial charge in [-0.1, -0.05) is 0 Å². The summed E-state index contributed by atoms with van der Waals surface area (Å²) >= 11 is 0. The van der Waals surface area contributed by atoms with E-state index in [9.17, 15) is 14.9 Å². The molecule has 0 atom stereocenters. The molecule has 2 rings (SSSR count). The molecule has 7 heteroatoms. The second-order valence-electron chi connectivity index (χ2n) is 4.34. The summed E-state index contributed by atoms with van der Waals surface area (Å²) in [4.78, 5) is 22.2. The molecule has 18 heavy (non-hydrogen) atoms. The Morgan fingerprint density at radius 3 is 2.83 bits per heavy atom. The van der Waals surface area contributed by atoms with Crippen molar-refractivity contribution >= 4 is 11.6 Å². The van der Waals surface area contributed by atoms with E-state index in [4.69, 9.17) is 0 Å². The summed E-state index contributed by atoms with van der Waals surface area (Å²) in [6.07, 6.45) is 3.40. The zero-order valence-electron chi connectivity index (χ0n) is 10.2. The average Bonchev–Trinajstić information content (AvgIpc) is 3.07. The highest BCUT2D eigenvalue weighted by Gasteiger charge is 2.30. The van der Waals surface area contributed by atoms with Crippen LogP contribution in [-0.2, 0) is 0 Å². The number of hydrogen-bond acceptors (Lipinski definition) is 4. The van der Waals surface area contributed by atoms with E-state index >= 15 is 0 Å². The van der Waals surface area contributed by atoms with Gasteiger partial charge in [0.1, 0.15) is 5.69 Å². The highest BCUT2D eigenvalue weighted by atomic mass is 16.6. The first-order valence-electron chi connectivity index (χ1n) is 5.92. The fraction of sp³-hybridized carbons (Fsp3) is 0.545. The molecule has 1 amide bonds. The van der Waals surface area contributed by atoms with Gasteiger partial charge in [-0.05, 0) is 19.9 Å². The summed E-state index contributed by atoms with van der Waals surface area (Å²) < 4.78 is 1.72. The summed E-state index contributed by atoms with van der Waals surface area (Å²) in [5, 5.41) is 16.4. The van der Waals surface area contributed by atoms with Crippen molar-refractivity contribution in [1.29, 1.82) is 0 Å². The third kappa shape index (κ3) is 2.67. The van der Waals surface area contributed by atoms with Gasteiger partial charge in [0.2, 0.25) is 0 Å². The highest BCUT2D eigenvalue weighted by Crippen LogP contribution is 2.37. The van der Waals surface area contributed by atoms with E-state index in [1.807, 2.05) is 0 Å². The second kappa shape index (κ2) is 5.18. The van der Waals surface area contributed by atoms with Gasteiger partial charge in [-0.25, -0.2) is 0 Å². The zero-order chi connectivity index (χ0) is 13.1. The van der Waals surface area contributed by atoms with Crippen molar-refractivity contribution in [2.24, 2.45) is 0 Å². The molecule has 0 bridgehead atoms. The van der Waals surface area contributed by atoms with Gasteiger partial charge in [0.05, 0.1) is 11.1 Å². The zero-order valence-corrected chi connectivity index (χ0v) is 10.2. The molecule has 1 aromatic rings. The number of likely N-dealkylation sites (N-methyl/N-ethyl adjacent to an activating group) is 1. The molecule has 2 N–H and O–H groups in total. The fourth-order valence-corrected chi connectivity index (χ4v) is 1.79. The monoisotopic (exact) mass is 252 g/mol. The van der Waals surface area contributed by atoms with E-state index < -0.39 is 4.92 Å². The summed E-state index contributed by atoms with van der Waals surface area (Å²) in [6, 6.07) is 1.58. The number of amides is 1. The van der Waals surface area contributed by atoms with Crippen LogP contribution in [0.5, 0.6) is 0 Å². The Balaban J connectivity index is 2.14. The minimum atomic E-state index is -0.469. The molecule has 0 unspecified atom stereocenters. The first-order valence-corrected chi connectivity index (χ1v) is 5.92. The number of nitrogens with one attached hydrogen (secondary N) is 2. The third-order valence-electron chi connectivity index (χ3n) is 2.88. The van der Waals surface area contributed by atoms with Gasteiger partial charge in [-0.3, -0.25) is 14.9 Å². The lowest BCUT2D eigenvalue weighted by atomic mass is 10.3. The van der Waals surface area contributed by atoms with Crippen LogP contribution in [0.4, 0.5) is 5.69 Å². The topological polar surface area (TPSA) is 89.2 Å². The first-order chi connectivity index (χ1) is 8.63. The Morgan fingerprint density at radius 1 is 1.56 bits per heavy atom. The van der Waals surface area contributed by atoms with Crippen molar-refractivity contribution < 1.29 is 9.72 Å². The van der Waals surface area contributed by atoms with Gasteiger partial charge < -0.3 is 15.2 Å². The van der Waals surface area contributed by atoms with Crippen LogP contribution in [0, 0.1) is 10.1 Å². The molecule has 0 saturated heterocycles. The molecule has 7 nitrogen and oxygen atoms in total. The van der Waals surface area contributed by atoms with Crippen LogP contribution in [0.3, 0.4) is 0 Å². The van der Waals surface area contributed by atoms with Crippen molar-refractivity contribution in [2.75, 3.05) is 20.1 Å². The van der Waals surface area contributed by atoms with E-state index in [2.05, 4.69) is 10.6 Å². The molecule has 98 valence electrons. The van der Waals surface area contributed by atoms with Crippen LogP contribution >= 0.6 is 0 Å². The molecule has 0 aromatic carbocycles. The minimum absolute atomic E-state index is 0.0272. The van der Waals surface area contributed by atoms with Crippen LogP contribution in [0.15, 0.2) is 12.3 Å². The number of hydrogen-bond donors (Lipinski definition) is 2. The summed E-state index contributed by atoms with van der Waals surface area (Å²) in [6.45, 7) is 1.16. The molecule has 0 aliphatic heterocycles. The largest absolute Gasteiger partial charge is 0.349 e. The van der Waals surface area contributed by atoms with E-state index in [0.717, 1.165) is 12.8 Å². The van der Waals surface area contributed by atoms with Gasteiger partial charge in [-0.2, -0.15) is 0 Å². The summed E-state index contributed by atoms with van der Waals surface area (Å²) in [5.41, 5.74) is 0.348. The SMILES string of the molecule is CNCCNC(=O)c1cc([N+](=O)[O-])cn1C1CC1. The number of carbonyl (C=O) groups is 1. The third-order valence-corrected chi connectivity index (χ3v) is 2.88. The minimum Gasteiger partial charge on any atom is -0.349 e. The summed E-state index contributed by atoms with van der Waals surface area (Å²) in [7, 11) is 1.80. The lowest BCUT2D eigenvalue weighted by molar-refractivity contribution is -0.384. The Morgan fingerprint density at radius 2 is 2.28 bits per heavy atom. The van der Waals surface area contributed by atoms with Crippen LogP contribution in [-0.4, -0.2) is 35.5 Å². The number of nitrogens with zero attached hydrogens (tertiary/aromatic N) is 2. The number of rotatable bonds is 6. The van der Waals surface area contributed by atoms with Crippen LogP contribution in [0.25, 0.3) is 0 Å². The lowest BCUT2D eigenvalue weighted by Crippen LogP contribution is -2.31. The van der Waals surface area contributed by atoms with E-state index in [0.29, 0.717) is 18.8 Å². The van der Waals surface area contributed by atoms with Gasteiger partial charge in [0, 0.05) is 25.2 Å². The Kier molecular flexibility index (Phi) is 3.61. The second-order valence-corrected chi connectivity index (χ2v) is 4.34. The van der Waals surface area contributed by atoms with Crippen LogP contribution in [0.1, 0.15) is 29.4 Å². The predicted molar refractivity (Wildman–Crippen MR) is 65.6 cm³/mol. The van der Waals surface area contributed by atoms with E-state index in [-0.39, 0.29) is 17.6 Å². The van der Waals surface area contributed by atoms with Crippen molar-refractivity contribution in [3.05, 3.63) is 28.1 Å². The van der Waals surface area contributed by atoms with Crippen LogP contribution in [0.2, 0.25) is 0 Å². The van der Waals surface area contributed by atoms with Crippen molar-refractivity contribution in [3.63, 3.8) is 0 Å². The molecule has 1 aliphatic carbocycles. The highest BCUT2D eigenvalue weighted by molar-refractivity contribution is 5.93. The van der Waals surface area contributed by atoms with Crippen LogP contribution < -0.4 is 10.6 Å². The molecular formula is C11H16N4O3. The number of nitro groups is 1. The molecular weight excluding hydrogens is 236 g/mol. The molecule has 1 saturated carbocycles. The Labute approximate surface area is 104 Å². The predicted octanol–water partition coefficient (Wildman–Crippen LogP) is 0.680. The molecule has 0 spiro atoms. The Hall–Kier alpha value is -1.89. The van der Waals surface area contributed by atoms with Crippen molar-refractivity contribution in [2.45, 2.75) is 18.9 Å². The van der Waals surface area contributed by atoms with Gasteiger partial charge in [0.15, 0.2) is 0 Å². The quantitative estimate of drug-likeness (QED) is 0.442. The normalized spacial score (nSPS) is 14.5. The Bertz CT molecular complexity index is 465. The maximum Gasteiger partial charge on any atom is 0.287 e. The van der Waals surface area contributed by atoms with E-state index in [1.54, 1.807) is 11.6 Å². The number of carbonyl (C=O) groups excluding carboxylic acids is 1. The molecule has 1 fully saturated rings. The molecule has 1 aromatic heterocycles. The molecule has 1 heterocycles. The van der Waals surface area contributed by atoms with Gasteiger partial charge >= 0.3 is 0 Å². The van der Waals surface area contributed by atoms with E-state index in [1.165, 1.54) is 12.3 Å². The fourth-order valence-electron chi connectivity index (χ4n) is 1.79. The first kappa shape index (κ1) is 12.6. The molecule has 0 radical (unpaired) electrons. The van der Waals surface area contributed by atoms with Crippen molar-refractivity contribution in [1.82, 2.24) is 15.2 Å². The van der Waals surface area contributed by atoms with Gasteiger partial charge in [-0.15, -0.1) is 0 Å². The lowest BCUT2D eigenvalue weighted by Gasteiger charge is -2.07.